The molecule has 0 amide bonds. The number of hydrogen-bond donors (Lipinski definition) is 0. The van der Waals surface area contributed by atoms with Gasteiger partial charge in [0.1, 0.15) is 0 Å². The van der Waals surface area contributed by atoms with E-state index in [1.165, 1.54) is 5.17 Å². The second kappa shape index (κ2) is 6.01. The van der Waals surface area contributed by atoms with E-state index in [1.807, 2.05) is 48.5 Å². The van der Waals surface area contributed by atoms with Crippen LogP contribution >= 0.6 is 0 Å². The lowest BCUT2D eigenvalue weighted by molar-refractivity contribution is -0.358. The molecule has 2 heterocycles. The third-order valence-electron chi connectivity index (χ3n) is 3.16. The van der Waals surface area contributed by atoms with Crippen LogP contribution in [0.15, 0.2) is 59.7 Å². The molecule has 0 bridgehead atoms. The smallest absolute Gasteiger partial charge is 0.192 e. The maximum atomic E-state index is 5.41. The third-order valence-corrected chi connectivity index (χ3v) is 3.16. The number of nitrogens with zero attached hydrogens (tertiary/aromatic N) is 4. The Bertz CT molecular complexity index is 618. The zero-order valence-corrected chi connectivity index (χ0v) is 11.9. The normalized spacial score (nSPS) is 18.9. The van der Waals surface area contributed by atoms with Gasteiger partial charge in [-0.05, 0) is 17.3 Å². The van der Waals surface area contributed by atoms with Crippen LogP contribution in [0.2, 0.25) is 0 Å². The number of rotatable bonds is 4. The molecule has 1 aromatic heterocycles. The molecule has 0 aliphatic carbocycles. The van der Waals surface area contributed by atoms with E-state index in [0.717, 1.165) is 11.3 Å². The summed E-state index contributed by atoms with van der Waals surface area (Å²) in [6, 6.07) is 15.5. The van der Waals surface area contributed by atoms with Gasteiger partial charge in [0.05, 0.1) is 19.9 Å². The Kier molecular flexibility index (Phi) is 3.92. The SMILES string of the molecule is CON1C(c2ccccc2)=NC(c2ccccn2)N1OC. The van der Waals surface area contributed by atoms with Crippen molar-refractivity contribution >= 4 is 5.84 Å². The Hall–Kier alpha value is -2.28. The Morgan fingerprint density at radius 3 is 2.33 bits per heavy atom. The van der Waals surface area contributed by atoms with Gasteiger partial charge in [-0.1, -0.05) is 36.4 Å². The van der Waals surface area contributed by atoms with E-state index in [1.54, 1.807) is 25.6 Å². The van der Waals surface area contributed by atoms with Crippen LogP contribution in [-0.2, 0) is 9.68 Å². The minimum Gasteiger partial charge on any atom is -0.278 e. The van der Waals surface area contributed by atoms with Gasteiger partial charge in [-0.25, -0.2) is 4.99 Å². The Balaban J connectivity index is 2.02. The fourth-order valence-corrected chi connectivity index (χ4v) is 2.23. The van der Waals surface area contributed by atoms with Crippen LogP contribution in [0.3, 0.4) is 0 Å². The first-order chi connectivity index (χ1) is 10.3. The van der Waals surface area contributed by atoms with Gasteiger partial charge in [0.25, 0.3) is 0 Å². The Morgan fingerprint density at radius 1 is 0.952 bits per heavy atom. The van der Waals surface area contributed by atoms with Crippen molar-refractivity contribution in [2.45, 2.75) is 6.17 Å². The first kappa shape index (κ1) is 13.7. The Labute approximate surface area is 123 Å². The molecular formula is C15H16N4O2. The predicted molar refractivity (Wildman–Crippen MR) is 77.7 cm³/mol. The minimum absolute atomic E-state index is 0.383. The van der Waals surface area contributed by atoms with E-state index in [0.29, 0.717) is 5.84 Å². The lowest BCUT2D eigenvalue weighted by atomic mass is 10.2. The number of amidine groups is 1. The van der Waals surface area contributed by atoms with Crippen LogP contribution in [-0.4, -0.2) is 35.4 Å². The highest BCUT2D eigenvalue weighted by Gasteiger charge is 2.37. The van der Waals surface area contributed by atoms with Gasteiger partial charge in [-0.2, -0.15) is 0 Å². The summed E-state index contributed by atoms with van der Waals surface area (Å²) in [6.45, 7) is 0. The maximum absolute atomic E-state index is 5.41. The lowest BCUT2D eigenvalue weighted by Crippen LogP contribution is -2.41. The zero-order chi connectivity index (χ0) is 14.7. The second-order valence-corrected chi connectivity index (χ2v) is 4.39. The summed E-state index contributed by atoms with van der Waals surface area (Å²) in [7, 11) is 3.15. The molecule has 0 saturated heterocycles. The molecule has 1 aliphatic heterocycles. The minimum atomic E-state index is -0.383. The molecule has 0 spiro atoms. The standard InChI is InChI=1S/C15H16N4O2/c1-20-18-14(12-8-4-3-5-9-12)17-15(19(18)21-2)13-10-6-7-11-16-13/h3-11,15H,1-2H3. The highest BCUT2D eigenvalue weighted by Crippen LogP contribution is 2.30. The molecule has 1 aromatic carbocycles. The molecule has 2 aromatic rings. The molecule has 1 atom stereocenters. The van der Waals surface area contributed by atoms with E-state index in [4.69, 9.17) is 9.68 Å². The summed E-state index contributed by atoms with van der Waals surface area (Å²) in [5.74, 6) is 0.676. The third kappa shape index (κ3) is 2.52. The van der Waals surface area contributed by atoms with Crippen molar-refractivity contribution in [1.82, 2.24) is 15.3 Å². The molecule has 3 rings (SSSR count). The fraction of sp³-hybridized carbons (Fsp3) is 0.200. The molecule has 108 valence electrons. The van der Waals surface area contributed by atoms with Crippen molar-refractivity contribution < 1.29 is 9.68 Å². The monoisotopic (exact) mass is 284 g/mol. The number of aliphatic imine (C=N–C) groups is 1. The number of benzene rings is 1. The molecule has 0 fully saturated rings. The number of aromatic nitrogens is 1. The van der Waals surface area contributed by atoms with Crippen molar-refractivity contribution in [2.24, 2.45) is 4.99 Å². The van der Waals surface area contributed by atoms with Gasteiger partial charge in [-0.15, -0.1) is 5.17 Å². The fourth-order valence-electron chi connectivity index (χ4n) is 2.23. The first-order valence-electron chi connectivity index (χ1n) is 6.57. The van der Waals surface area contributed by atoms with Gasteiger partial charge < -0.3 is 0 Å². The summed E-state index contributed by atoms with van der Waals surface area (Å²) in [5.41, 5.74) is 1.73. The topological polar surface area (TPSA) is 50.2 Å². The summed E-state index contributed by atoms with van der Waals surface area (Å²) in [4.78, 5) is 19.9. The largest absolute Gasteiger partial charge is 0.278 e. The van der Waals surface area contributed by atoms with Crippen molar-refractivity contribution in [1.29, 1.82) is 0 Å². The van der Waals surface area contributed by atoms with Gasteiger partial charge >= 0.3 is 0 Å². The van der Waals surface area contributed by atoms with Gasteiger partial charge in [-0.3, -0.25) is 14.7 Å². The van der Waals surface area contributed by atoms with Crippen molar-refractivity contribution in [3.05, 3.63) is 66.0 Å². The van der Waals surface area contributed by atoms with Crippen LogP contribution in [0.1, 0.15) is 17.4 Å². The zero-order valence-electron chi connectivity index (χ0n) is 11.9. The van der Waals surface area contributed by atoms with Gasteiger partial charge in [0, 0.05) is 11.8 Å². The number of pyridine rings is 1. The number of hydrazine groups is 1. The van der Waals surface area contributed by atoms with E-state index >= 15 is 0 Å². The molecule has 21 heavy (non-hydrogen) atoms. The van der Waals surface area contributed by atoms with E-state index < -0.39 is 0 Å². The van der Waals surface area contributed by atoms with Crippen molar-refractivity contribution in [3.8, 4) is 0 Å². The summed E-state index contributed by atoms with van der Waals surface area (Å²) in [6.07, 6.45) is 1.35. The first-order valence-corrected chi connectivity index (χ1v) is 6.57. The molecule has 0 saturated carbocycles. The number of hydroxylamine groups is 2. The lowest BCUT2D eigenvalue weighted by Gasteiger charge is -2.28. The average Bonchev–Trinajstić information content (AvgIpc) is 2.95. The van der Waals surface area contributed by atoms with Crippen LogP contribution in [0.4, 0.5) is 0 Å². The van der Waals surface area contributed by atoms with Crippen LogP contribution in [0.5, 0.6) is 0 Å². The summed E-state index contributed by atoms with van der Waals surface area (Å²) in [5, 5.41) is 3.07. The van der Waals surface area contributed by atoms with E-state index in [9.17, 15) is 0 Å². The molecule has 0 radical (unpaired) electrons. The number of hydrogen-bond acceptors (Lipinski definition) is 6. The van der Waals surface area contributed by atoms with Crippen molar-refractivity contribution in [3.63, 3.8) is 0 Å². The molecule has 0 N–H and O–H groups in total. The Morgan fingerprint density at radius 2 is 1.71 bits per heavy atom. The van der Waals surface area contributed by atoms with Crippen LogP contribution < -0.4 is 0 Å². The van der Waals surface area contributed by atoms with E-state index in [2.05, 4.69) is 9.98 Å². The predicted octanol–water partition coefficient (Wildman–Crippen LogP) is 2.18. The second-order valence-electron chi connectivity index (χ2n) is 4.39. The van der Waals surface area contributed by atoms with Gasteiger partial charge in [0.15, 0.2) is 12.0 Å². The average molecular weight is 284 g/mol. The molecule has 1 unspecified atom stereocenters. The van der Waals surface area contributed by atoms with Crippen molar-refractivity contribution in [2.75, 3.05) is 14.2 Å². The summed E-state index contributed by atoms with van der Waals surface area (Å²) >= 11 is 0. The van der Waals surface area contributed by atoms with Gasteiger partial charge in [0.2, 0.25) is 0 Å². The van der Waals surface area contributed by atoms with Crippen LogP contribution in [0.25, 0.3) is 0 Å². The highest BCUT2D eigenvalue weighted by molar-refractivity contribution is 5.98. The quantitative estimate of drug-likeness (QED) is 0.861. The molecule has 6 heteroatoms. The summed E-state index contributed by atoms with van der Waals surface area (Å²) < 4.78 is 0. The molecule has 6 nitrogen and oxygen atoms in total. The van der Waals surface area contributed by atoms with Crippen LogP contribution in [0, 0.1) is 0 Å². The molecular weight excluding hydrogens is 268 g/mol. The molecule has 1 aliphatic rings. The highest BCUT2D eigenvalue weighted by atomic mass is 16.8. The maximum Gasteiger partial charge on any atom is 0.192 e. The van der Waals surface area contributed by atoms with E-state index in [-0.39, 0.29) is 6.17 Å².